The monoisotopic (exact) mass is 438 g/mol. The second-order valence-electron chi connectivity index (χ2n) is 7.15. The normalized spacial score (nSPS) is 16.7. The van der Waals surface area contributed by atoms with Gasteiger partial charge in [0.2, 0.25) is 5.78 Å². The molecule has 0 bridgehead atoms. The topological polar surface area (TPSA) is 51.7 Å². The van der Waals surface area contributed by atoms with Crippen molar-refractivity contribution in [2.24, 2.45) is 0 Å². The van der Waals surface area contributed by atoms with Crippen LogP contribution in [-0.2, 0) is 13.1 Å². The van der Waals surface area contributed by atoms with E-state index in [1.54, 1.807) is 36.5 Å². The van der Waals surface area contributed by atoms with Crippen molar-refractivity contribution < 1.29 is 14.3 Å². The van der Waals surface area contributed by atoms with Crippen molar-refractivity contribution in [1.82, 2.24) is 9.88 Å². The van der Waals surface area contributed by atoms with E-state index in [1.165, 1.54) is 0 Å². The van der Waals surface area contributed by atoms with Crippen LogP contribution in [0.4, 0.5) is 0 Å². The van der Waals surface area contributed by atoms with Crippen LogP contribution in [0.5, 0.6) is 11.5 Å². The molecule has 0 spiro atoms. The molecule has 0 saturated carbocycles. The predicted octanol–water partition coefficient (Wildman–Crippen LogP) is 5.36. The number of Topliss-reactive ketones (excluding diaryl/α,β-unsaturated/α-hetero) is 1. The summed E-state index contributed by atoms with van der Waals surface area (Å²) in [6, 6.07) is 12.6. The molecule has 0 fully saturated rings. The van der Waals surface area contributed by atoms with E-state index in [9.17, 15) is 4.79 Å². The molecule has 0 N–H and O–H groups in total. The lowest BCUT2D eigenvalue weighted by molar-refractivity contribution is 0.0872. The minimum atomic E-state index is -0.178. The average Bonchev–Trinajstić information content (AvgIpc) is 3.07. The van der Waals surface area contributed by atoms with Gasteiger partial charge in [-0.2, -0.15) is 0 Å². The Balaban J connectivity index is 1.44. The van der Waals surface area contributed by atoms with Crippen LogP contribution in [0.3, 0.4) is 0 Å². The van der Waals surface area contributed by atoms with Gasteiger partial charge in [0.25, 0.3) is 0 Å². The molecule has 2 aromatic carbocycles. The highest BCUT2D eigenvalue weighted by Crippen LogP contribution is 2.42. The zero-order chi connectivity index (χ0) is 20.7. The van der Waals surface area contributed by atoms with Crippen LogP contribution in [0.1, 0.15) is 27.0 Å². The number of aromatic nitrogens is 1. The quantitative estimate of drug-likeness (QED) is 0.515. The Hall–Kier alpha value is -2.86. The number of carbonyl (C=O) groups excluding carboxylic acids is 1. The predicted molar refractivity (Wildman–Crippen MR) is 115 cm³/mol. The van der Waals surface area contributed by atoms with Gasteiger partial charge in [0.15, 0.2) is 5.76 Å². The Morgan fingerprint density at radius 3 is 2.87 bits per heavy atom. The third kappa shape index (κ3) is 3.56. The first kappa shape index (κ1) is 19.1. The highest BCUT2D eigenvalue weighted by Gasteiger charge is 2.33. The number of fused-ring (bicyclic) bond motifs is 3. The van der Waals surface area contributed by atoms with Gasteiger partial charge in [-0.1, -0.05) is 35.3 Å². The van der Waals surface area contributed by atoms with E-state index in [0.717, 1.165) is 16.9 Å². The van der Waals surface area contributed by atoms with E-state index in [-0.39, 0.29) is 11.5 Å². The minimum absolute atomic E-state index is 0.178. The van der Waals surface area contributed by atoms with E-state index in [0.29, 0.717) is 46.7 Å². The molecule has 0 amide bonds. The maximum Gasteiger partial charge on any atom is 0.231 e. The summed E-state index contributed by atoms with van der Waals surface area (Å²) in [5.41, 5.74) is 3.14. The number of nitrogens with zero attached hydrogens (tertiary/aromatic N) is 2. The van der Waals surface area contributed by atoms with Gasteiger partial charge in [0.1, 0.15) is 18.2 Å². The van der Waals surface area contributed by atoms with Gasteiger partial charge in [0, 0.05) is 35.5 Å². The Labute approximate surface area is 183 Å². The lowest BCUT2D eigenvalue weighted by Gasteiger charge is -2.29. The van der Waals surface area contributed by atoms with Crippen molar-refractivity contribution in [3.63, 3.8) is 0 Å². The van der Waals surface area contributed by atoms with E-state index in [2.05, 4.69) is 9.88 Å². The average molecular weight is 439 g/mol. The summed E-state index contributed by atoms with van der Waals surface area (Å²) in [6.45, 7) is 1.75. The van der Waals surface area contributed by atoms with Crippen molar-refractivity contribution in [1.29, 1.82) is 0 Å². The molecule has 0 saturated heterocycles. The molecule has 0 radical (unpaired) electrons. The molecule has 30 heavy (non-hydrogen) atoms. The number of rotatable bonds is 3. The molecular weight excluding hydrogens is 423 g/mol. The molecule has 0 atom stereocenters. The third-order valence-electron chi connectivity index (χ3n) is 5.06. The van der Waals surface area contributed by atoms with Crippen LogP contribution >= 0.6 is 23.2 Å². The lowest BCUT2D eigenvalue weighted by Crippen LogP contribution is -2.31. The molecular formula is C23H16Cl2N2O3. The van der Waals surface area contributed by atoms with Gasteiger partial charge in [-0.05, 0) is 47.5 Å². The molecule has 2 aliphatic heterocycles. The lowest BCUT2D eigenvalue weighted by atomic mass is 10.0. The first-order valence-corrected chi connectivity index (χ1v) is 10.1. The second kappa shape index (κ2) is 7.76. The number of hydrogen-bond donors (Lipinski definition) is 0. The standard InChI is InChI=1S/C23H16Cl2N2O3/c24-16-4-3-15(19(25)9-16)8-21-22(28)17-5-6-20-18(23(17)30-21)12-27(13-29-20)11-14-2-1-7-26-10-14/h1-10H,11-13H2/b21-8-. The summed E-state index contributed by atoms with van der Waals surface area (Å²) in [4.78, 5) is 19.2. The maximum absolute atomic E-state index is 12.9. The number of ether oxygens (including phenoxy) is 2. The third-order valence-corrected chi connectivity index (χ3v) is 5.62. The summed E-state index contributed by atoms with van der Waals surface area (Å²) < 4.78 is 11.9. The van der Waals surface area contributed by atoms with Gasteiger partial charge in [-0.15, -0.1) is 0 Å². The number of halogens is 2. The van der Waals surface area contributed by atoms with Gasteiger partial charge < -0.3 is 9.47 Å². The summed E-state index contributed by atoms with van der Waals surface area (Å²) in [7, 11) is 0. The van der Waals surface area contributed by atoms with E-state index in [4.69, 9.17) is 32.7 Å². The largest absolute Gasteiger partial charge is 0.478 e. The van der Waals surface area contributed by atoms with Crippen LogP contribution in [0, 0.1) is 0 Å². The van der Waals surface area contributed by atoms with E-state index < -0.39 is 0 Å². The summed E-state index contributed by atoms with van der Waals surface area (Å²) in [5, 5.41) is 0.986. The molecule has 3 aromatic rings. The summed E-state index contributed by atoms with van der Waals surface area (Å²) >= 11 is 12.2. The highest BCUT2D eigenvalue weighted by atomic mass is 35.5. The Kier molecular flexibility index (Phi) is 4.95. The summed E-state index contributed by atoms with van der Waals surface area (Å²) in [6.07, 6.45) is 5.23. The summed E-state index contributed by atoms with van der Waals surface area (Å²) in [5.74, 6) is 1.33. The van der Waals surface area contributed by atoms with Crippen LogP contribution in [-0.4, -0.2) is 22.4 Å². The first-order chi connectivity index (χ1) is 14.6. The second-order valence-corrected chi connectivity index (χ2v) is 7.99. The molecule has 0 aliphatic carbocycles. The highest BCUT2D eigenvalue weighted by molar-refractivity contribution is 6.35. The Morgan fingerprint density at radius 2 is 2.07 bits per heavy atom. The van der Waals surface area contributed by atoms with E-state index >= 15 is 0 Å². The molecule has 3 heterocycles. The number of benzene rings is 2. The van der Waals surface area contributed by atoms with Gasteiger partial charge in [-0.25, -0.2) is 0 Å². The zero-order valence-corrected chi connectivity index (χ0v) is 17.3. The van der Waals surface area contributed by atoms with Crippen LogP contribution in [0.15, 0.2) is 60.6 Å². The van der Waals surface area contributed by atoms with Gasteiger partial charge in [0.05, 0.1) is 11.1 Å². The number of pyridine rings is 1. The fourth-order valence-electron chi connectivity index (χ4n) is 3.62. The van der Waals surface area contributed by atoms with Crippen LogP contribution in [0.2, 0.25) is 10.0 Å². The molecule has 5 nitrogen and oxygen atoms in total. The first-order valence-electron chi connectivity index (χ1n) is 9.38. The fraction of sp³-hybridized carbons (Fsp3) is 0.130. The molecule has 5 rings (SSSR count). The van der Waals surface area contributed by atoms with E-state index in [1.807, 2.05) is 24.4 Å². The Bertz CT molecular complexity index is 1180. The molecule has 7 heteroatoms. The van der Waals surface area contributed by atoms with Crippen molar-refractivity contribution in [3.8, 4) is 11.5 Å². The van der Waals surface area contributed by atoms with Crippen LogP contribution in [0.25, 0.3) is 6.08 Å². The van der Waals surface area contributed by atoms with Crippen molar-refractivity contribution in [3.05, 3.63) is 92.9 Å². The SMILES string of the molecule is O=C1/C(=C/c2ccc(Cl)cc2Cl)Oc2c1ccc1c2CN(Cc2cccnc2)CO1. The molecule has 0 unspecified atom stereocenters. The number of hydrogen-bond acceptors (Lipinski definition) is 5. The molecule has 2 aliphatic rings. The van der Waals surface area contributed by atoms with Crippen LogP contribution < -0.4 is 9.47 Å². The minimum Gasteiger partial charge on any atom is -0.478 e. The number of allylic oxidation sites excluding steroid dienone is 1. The Morgan fingerprint density at radius 1 is 1.17 bits per heavy atom. The van der Waals surface area contributed by atoms with Gasteiger partial charge >= 0.3 is 0 Å². The van der Waals surface area contributed by atoms with Crippen molar-refractivity contribution in [2.45, 2.75) is 13.1 Å². The van der Waals surface area contributed by atoms with Gasteiger partial charge in [-0.3, -0.25) is 14.7 Å². The number of carbonyl (C=O) groups is 1. The number of ketones is 1. The van der Waals surface area contributed by atoms with Crippen molar-refractivity contribution in [2.75, 3.05) is 6.73 Å². The molecule has 1 aromatic heterocycles. The smallest absolute Gasteiger partial charge is 0.231 e. The maximum atomic E-state index is 12.9. The molecule has 150 valence electrons. The fourth-order valence-corrected chi connectivity index (χ4v) is 4.08. The van der Waals surface area contributed by atoms with Crippen molar-refractivity contribution >= 4 is 35.1 Å². The zero-order valence-electron chi connectivity index (χ0n) is 15.8.